The summed E-state index contributed by atoms with van der Waals surface area (Å²) < 4.78 is 0. The van der Waals surface area contributed by atoms with Gasteiger partial charge in [-0.05, 0) is 37.3 Å². The van der Waals surface area contributed by atoms with E-state index in [0.29, 0.717) is 23.3 Å². The molecule has 0 aromatic rings. The van der Waals surface area contributed by atoms with E-state index in [1.54, 1.807) is 0 Å². The molecule has 0 aromatic carbocycles. The van der Waals surface area contributed by atoms with Gasteiger partial charge in [-0.25, -0.2) is 0 Å². The Morgan fingerprint density at radius 3 is 1.85 bits per heavy atom. The lowest BCUT2D eigenvalue weighted by molar-refractivity contribution is 0.134. The fraction of sp³-hybridized carbons (Fsp3) is 0.917. The predicted molar refractivity (Wildman–Crippen MR) is 61.4 cm³/mol. The molecule has 0 saturated heterocycles. The van der Waals surface area contributed by atoms with Crippen LogP contribution in [0.25, 0.3) is 0 Å². The van der Waals surface area contributed by atoms with Crippen LogP contribution in [0.2, 0.25) is 0 Å². The minimum atomic E-state index is 0.367. The van der Waals surface area contributed by atoms with Crippen LogP contribution in [0.4, 0.5) is 0 Å². The maximum absolute atomic E-state index is 4.45. The van der Waals surface area contributed by atoms with Crippen LogP contribution in [0.15, 0.2) is 4.99 Å². The Bertz CT molecular complexity index is 168. The van der Waals surface area contributed by atoms with Crippen molar-refractivity contribution in [1.82, 2.24) is 0 Å². The van der Waals surface area contributed by atoms with Crippen LogP contribution in [-0.4, -0.2) is 12.3 Å². The summed E-state index contributed by atoms with van der Waals surface area (Å²) in [6.07, 6.45) is 1.91. The third-order valence-corrected chi connectivity index (χ3v) is 3.77. The predicted octanol–water partition coefficient (Wildman–Crippen LogP) is 3.78. The molecular formula is C12H25N. The third-order valence-electron chi connectivity index (χ3n) is 3.77. The van der Waals surface area contributed by atoms with E-state index < -0.39 is 0 Å². The topological polar surface area (TPSA) is 12.4 Å². The molecule has 0 unspecified atom stereocenters. The molecular weight excluding hydrogens is 158 g/mol. The zero-order valence-corrected chi connectivity index (χ0v) is 10.3. The van der Waals surface area contributed by atoms with E-state index in [4.69, 9.17) is 0 Å². The van der Waals surface area contributed by atoms with E-state index in [2.05, 4.69) is 46.5 Å². The fourth-order valence-electron chi connectivity index (χ4n) is 1.51. The van der Waals surface area contributed by atoms with Crippen molar-refractivity contribution in [2.24, 2.45) is 22.2 Å². The summed E-state index contributed by atoms with van der Waals surface area (Å²) in [5.41, 5.74) is 0.367. The Morgan fingerprint density at radius 2 is 1.54 bits per heavy atom. The second-order valence-electron chi connectivity index (χ2n) is 4.91. The zero-order chi connectivity index (χ0) is 10.6. The number of nitrogens with zero attached hydrogens (tertiary/aromatic N) is 1. The Labute approximate surface area is 83.6 Å². The molecule has 0 rings (SSSR count). The lowest BCUT2D eigenvalue weighted by Crippen LogP contribution is -2.33. The normalized spacial score (nSPS) is 18.2. The Balaban J connectivity index is 4.48. The van der Waals surface area contributed by atoms with Crippen molar-refractivity contribution in [2.75, 3.05) is 0 Å². The summed E-state index contributed by atoms with van der Waals surface area (Å²) in [5.74, 6) is 1.33. The van der Waals surface area contributed by atoms with Crippen LogP contribution < -0.4 is 0 Å². The van der Waals surface area contributed by atoms with E-state index in [-0.39, 0.29) is 0 Å². The van der Waals surface area contributed by atoms with E-state index >= 15 is 0 Å². The molecule has 0 spiro atoms. The summed E-state index contributed by atoms with van der Waals surface area (Å²) in [7, 11) is 0. The standard InChI is InChI=1S/C12H25N/c1-8-13-11(5)10(4)12(6,7)9(2)3/h8-11H,1-7H3/t10-,11+/m1/s1. The van der Waals surface area contributed by atoms with Gasteiger partial charge >= 0.3 is 0 Å². The van der Waals surface area contributed by atoms with Crippen LogP contribution in [0.1, 0.15) is 48.5 Å². The van der Waals surface area contributed by atoms with Gasteiger partial charge in [-0.1, -0.05) is 34.6 Å². The molecule has 0 aliphatic rings. The Morgan fingerprint density at radius 1 is 1.08 bits per heavy atom. The first-order valence-corrected chi connectivity index (χ1v) is 5.31. The second-order valence-corrected chi connectivity index (χ2v) is 4.91. The average molecular weight is 183 g/mol. The van der Waals surface area contributed by atoms with Crippen molar-refractivity contribution in [2.45, 2.75) is 54.5 Å². The molecule has 0 bridgehead atoms. The molecule has 0 radical (unpaired) electrons. The van der Waals surface area contributed by atoms with Crippen molar-refractivity contribution < 1.29 is 0 Å². The molecule has 0 aliphatic carbocycles. The fourth-order valence-corrected chi connectivity index (χ4v) is 1.51. The second kappa shape index (κ2) is 4.78. The van der Waals surface area contributed by atoms with Crippen molar-refractivity contribution >= 4 is 6.21 Å². The maximum atomic E-state index is 4.45. The SMILES string of the molecule is CC=N[C@@H](C)[C@@H](C)C(C)(C)C(C)C. The highest BCUT2D eigenvalue weighted by molar-refractivity contribution is 5.53. The Hall–Kier alpha value is -0.330. The first-order chi connectivity index (χ1) is 5.84. The molecule has 1 heteroatoms. The van der Waals surface area contributed by atoms with Gasteiger partial charge < -0.3 is 0 Å². The first-order valence-electron chi connectivity index (χ1n) is 5.31. The molecule has 0 heterocycles. The van der Waals surface area contributed by atoms with Gasteiger partial charge in [-0.2, -0.15) is 0 Å². The molecule has 0 amide bonds. The minimum absolute atomic E-state index is 0.367. The molecule has 0 aliphatic heterocycles. The third kappa shape index (κ3) is 3.13. The summed E-state index contributed by atoms with van der Waals surface area (Å²) in [6.45, 7) is 15.8. The van der Waals surface area contributed by atoms with E-state index in [1.165, 1.54) is 0 Å². The highest BCUT2D eigenvalue weighted by atomic mass is 14.8. The summed E-state index contributed by atoms with van der Waals surface area (Å²) >= 11 is 0. The monoisotopic (exact) mass is 183 g/mol. The van der Waals surface area contributed by atoms with Crippen LogP contribution in [0, 0.1) is 17.3 Å². The maximum Gasteiger partial charge on any atom is 0.0498 e. The van der Waals surface area contributed by atoms with Crippen molar-refractivity contribution in [3.63, 3.8) is 0 Å². The first kappa shape index (κ1) is 12.7. The van der Waals surface area contributed by atoms with E-state index in [1.807, 2.05) is 13.1 Å². The van der Waals surface area contributed by atoms with Crippen LogP contribution in [0.3, 0.4) is 0 Å². The number of hydrogen-bond acceptors (Lipinski definition) is 1. The Kier molecular flexibility index (Phi) is 4.66. The lowest BCUT2D eigenvalue weighted by atomic mass is 9.69. The lowest BCUT2D eigenvalue weighted by Gasteiger charge is -2.38. The number of rotatable bonds is 4. The van der Waals surface area contributed by atoms with E-state index in [0.717, 1.165) is 0 Å². The van der Waals surface area contributed by atoms with Gasteiger partial charge in [0.2, 0.25) is 0 Å². The van der Waals surface area contributed by atoms with Gasteiger partial charge in [0.1, 0.15) is 0 Å². The molecule has 0 N–H and O–H groups in total. The molecule has 13 heavy (non-hydrogen) atoms. The highest BCUT2D eigenvalue weighted by Gasteiger charge is 2.32. The highest BCUT2D eigenvalue weighted by Crippen LogP contribution is 2.37. The van der Waals surface area contributed by atoms with Gasteiger partial charge in [-0.15, -0.1) is 0 Å². The van der Waals surface area contributed by atoms with Crippen LogP contribution in [0.5, 0.6) is 0 Å². The van der Waals surface area contributed by atoms with Crippen molar-refractivity contribution in [1.29, 1.82) is 0 Å². The largest absolute Gasteiger partial charge is 0.294 e. The van der Waals surface area contributed by atoms with E-state index in [9.17, 15) is 0 Å². The summed E-state index contributed by atoms with van der Waals surface area (Å²) in [4.78, 5) is 4.45. The average Bonchev–Trinajstić information content (AvgIpc) is 2.03. The van der Waals surface area contributed by atoms with Gasteiger partial charge in [0.05, 0.1) is 0 Å². The molecule has 0 aromatic heterocycles. The van der Waals surface area contributed by atoms with Crippen LogP contribution in [-0.2, 0) is 0 Å². The van der Waals surface area contributed by atoms with Crippen LogP contribution >= 0.6 is 0 Å². The van der Waals surface area contributed by atoms with Gasteiger partial charge in [0.25, 0.3) is 0 Å². The van der Waals surface area contributed by atoms with Gasteiger partial charge in [0, 0.05) is 6.04 Å². The molecule has 78 valence electrons. The summed E-state index contributed by atoms with van der Waals surface area (Å²) in [6, 6.07) is 0.433. The summed E-state index contributed by atoms with van der Waals surface area (Å²) in [5, 5.41) is 0. The van der Waals surface area contributed by atoms with Gasteiger partial charge in [0.15, 0.2) is 0 Å². The minimum Gasteiger partial charge on any atom is -0.294 e. The molecule has 1 nitrogen and oxygen atoms in total. The van der Waals surface area contributed by atoms with Gasteiger partial charge in [-0.3, -0.25) is 4.99 Å². The number of hydrogen-bond donors (Lipinski definition) is 0. The quantitative estimate of drug-likeness (QED) is 0.588. The van der Waals surface area contributed by atoms with Crippen molar-refractivity contribution in [3.8, 4) is 0 Å². The molecule has 0 fully saturated rings. The number of aliphatic imine (C=N–C) groups is 1. The zero-order valence-electron chi connectivity index (χ0n) is 10.3. The smallest absolute Gasteiger partial charge is 0.0498 e. The molecule has 2 atom stereocenters. The van der Waals surface area contributed by atoms with Crippen molar-refractivity contribution in [3.05, 3.63) is 0 Å². The molecule has 0 saturated carbocycles.